The summed E-state index contributed by atoms with van der Waals surface area (Å²) in [5, 5.41) is 3.21. The summed E-state index contributed by atoms with van der Waals surface area (Å²) in [7, 11) is 0. The second-order valence-electron chi connectivity index (χ2n) is 4.32. The Morgan fingerprint density at radius 2 is 2.06 bits per heavy atom. The highest BCUT2D eigenvalue weighted by Gasteiger charge is 2.12. The average Bonchev–Trinajstić information content (AvgIpc) is 2.88. The molecule has 1 atom stereocenters. The maximum absolute atomic E-state index is 5.65. The van der Waals surface area contributed by atoms with Crippen molar-refractivity contribution in [2.24, 2.45) is 0 Å². The highest BCUT2D eigenvalue weighted by Crippen LogP contribution is 2.33. The third-order valence-electron chi connectivity index (χ3n) is 3.06. The molecule has 1 unspecified atom stereocenters. The monoisotopic (exact) mass is 261 g/mol. The van der Waals surface area contributed by atoms with E-state index in [4.69, 9.17) is 9.72 Å². The number of rotatable bonds is 5. The fourth-order valence-corrected chi connectivity index (χ4v) is 2.74. The van der Waals surface area contributed by atoms with Crippen LogP contribution in [0, 0.1) is 0 Å². The predicted octanol–water partition coefficient (Wildman–Crippen LogP) is 4.72. The molecule has 0 saturated heterocycles. The van der Waals surface area contributed by atoms with Gasteiger partial charge in [0.15, 0.2) is 0 Å². The zero-order chi connectivity index (χ0) is 13.0. The number of thiazole rings is 1. The van der Waals surface area contributed by atoms with E-state index in [0.29, 0.717) is 12.5 Å². The number of ether oxygens (including phenoxy) is 1. The van der Waals surface area contributed by atoms with Crippen molar-refractivity contribution >= 4 is 11.3 Å². The van der Waals surface area contributed by atoms with Gasteiger partial charge >= 0.3 is 0 Å². The first kappa shape index (κ1) is 13.1. The van der Waals surface area contributed by atoms with E-state index >= 15 is 0 Å². The summed E-state index contributed by atoms with van der Waals surface area (Å²) >= 11 is 1.70. The van der Waals surface area contributed by atoms with Gasteiger partial charge in [0.2, 0.25) is 0 Å². The van der Waals surface area contributed by atoms with Gasteiger partial charge in [0, 0.05) is 5.38 Å². The van der Waals surface area contributed by atoms with Crippen LogP contribution in [0.1, 0.15) is 38.8 Å². The van der Waals surface area contributed by atoms with E-state index in [-0.39, 0.29) is 0 Å². The van der Waals surface area contributed by atoms with Gasteiger partial charge in [-0.15, -0.1) is 11.3 Å². The molecule has 0 aliphatic carbocycles. The zero-order valence-corrected chi connectivity index (χ0v) is 12.0. The molecular weight excluding hydrogens is 242 g/mol. The first-order chi connectivity index (χ1) is 8.76. The van der Waals surface area contributed by atoms with Crippen molar-refractivity contribution in [2.45, 2.75) is 33.1 Å². The molecule has 96 valence electrons. The third kappa shape index (κ3) is 2.72. The maximum atomic E-state index is 5.65. The minimum atomic E-state index is 0.522. The summed E-state index contributed by atoms with van der Waals surface area (Å²) in [6, 6.07) is 8.10. The van der Waals surface area contributed by atoms with E-state index in [0.717, 1.165) is 22.7 Å². The van der Waals surface area contributed by atoms with Gasteiger partial charge in [-0.1, -0.05) is 26.0 Å². The van der Waals surface area contributed by atoms with Crippen molar-refractivity contribution in [1.29, 1.82) is 0 Å². The smallest absolute Gasteiger partial charge is 0.129 e. The fraction of sp³-hybridized carbons (Fsp3) is 0.400. The first-order valence-corrected chi connectivity index (χ1v) is 7.31. The normalized spacial score (nSPS) is 12.4. The molecule has 1 aromatic heterocycles. The Morgan fingerprint density at radius 1 is 1.28 bits per heavy atom. The topological polar surface area (TPSA) is 22.1 Å². The maximum Gasteiger partial charge on any atom is 0.129 e. The molecule has 0 N–H and O–H groups in total. The van der Waals surface area contributed by atoms with Crippen LogP contribution in [-0.4, -0.2) is 11.6 Å². The molecule has 0 spiro atoms. The summed E-state index contributed by atoms with van der Waals surface area (Å²) in [4.78, 5) is 4.73. The van der Waals surface area contributed by atoms with Gasteiger partial charge in [-0.3, -0.25) is 0 Å². The van der Waals surface area contributed by atoms with E-state index in [1.807, 2.05) is 25.1 Å². The molecule has 2 rings (SSSR count). The Hall–Kier alpha value is -1.35. The lowest BCUT2D eigenvalue weighted by Gasteiger charge is -2.07. The number of para-hydroxylation sites is 1. The first-order valence-electron chi connectivity index (χ1n) is 6.43. The molecule has 0 aliphatic heterocycles. The average molecular weight is 261 g/mol. The number of benzene rings is 1. The van der Waals surface area contributed by atoms with E-state index in [2.05, 4.69) is 25.3 Å². The molecule has 0 saturated carbocycles. The van der Waals surface area contributed by atoms with E-state index in [1.165, 1.54) is 5.69 Å². The quantitative estimate of drug-likeness (QED) is 0.776. The summed E-state index contributed by atoms with van der Waals surface area (Å²) in [5.74, 6) is 1.44. The molecule has 0 radical (unpaired) electrons. The molecular formula is C15H19NOS. The summed E-state index contributed by atoms with van der Waals surface area (Å²) < 4.78 is 5.65. The van der Waals surface area contributed by atoms with Crippen molar-refractivity contribution in [3.63, 3.8) is 0 Å². The van der Waals surface area contributed by atoms with Crippen molar-refractivity contribution in [3.8, 4) is 16.3 Å². The van der Waals surface area contributed by atoms with E-state index in [1.54, 1.807) is 11.3 Å². The lowest BCUT2D eigenvalue weighted by atomic mass is 10.1. The molecule has 1 aromatic carbocycles. The Kier molecular flexibility index (Phi) is 4.37. The summed E-state index contributed by atoms with van der Waals surface area (Å²) in [6.45, 7) is 7.09. The highest BCUT2D eigenvalue weighted by atomic mass is 32.1. The molecule has 0 aliphatic rings. The van der Waals surface area contributed by atoms with E-state index in [9.17, 15) is 0 Å². The summed E-state index contributed by atoms with van der Waals surface area (Å²) in [5.41, 5.74) is 2.28. The number of nitrogens with zero attached hydrogens (tertiary/aromatic N) is 1. The van der Waals surface area contributed by atoms with Gasteiger partial charge in [-0.25, -0.2) is 4.98 Å². The van der Waals surface area contributed by atoms with Crippen LogP contribution < -0.4 is 4.74 Å². The second kappa shape index (κ2) is 6.01. The zero-order valence-electron chi connectivity index (χ0n) is 11.1. The van der Waals surface area contributed by atoms with Gasteiger partial charge < -0.3 is 4.74 Å². The highest BCUT2D eigenvalue weighted by molar-refractivity contribution is 7.13. The van der Waals surface area contributed by atoms with Crippen molar-refractivity contribution in [1.82, 2.24) is 4.98 Å². The standard InChI is InChI=1S/C15H19NOS/c1-4-11(3)13-10-18-15(16-13)12-8-6-7-9-14(12)17-5-2/h6-11H,4-5H2,1-3H3. The van der Waals surface area contributed by atoms with Crippen LogP contribution in [0.15, 0.2) is 29.6 Å². The lowest BCUT2D eigenvalue weighted by Crippen LogP contribution is -1.94. The largest absolute Gasteiger partial charge is 0.493 e. The van der Waals surface area contributed by atoms with Crippen LogP contribution in [0.2, 0.25) is 0 Å². The van der Waals surface area contributed by atoms with Gasteiger partial charge in [-0.2, -0.15) is 0 Å². The molecule has 2 aromatic rings. The third-order valence-corrected chi connectivity index (χ3v) is 3.95. The van der Waals surface area contributed by atoms with Gasteiger partial charge in [0.1, 0.15) is 10.8 Å². The minimum Gasteiger partial charge on any atom is -0.493 e. The van der Waals surface area contributed by atoms with Crippen LogP contribution in [-0.2, 0) is 0 Å². The van der Waals surface area contributed by atoms with Gasteiger partial charge in [0.25, 0.3) is 0 Å². The number of hydrogen-bond acceptors (Lipinski definition) is 3. The molecule has 0 amide bonds. The van der Waals surface area contributed by atoms with Crippen LogP contribution in [0.5, 0.6) is 5.75 Å². The van der Waals surface area contributed by atoms with Crippen molar-refractivity contribution in [3.05, 3.63) is 35.3 Å². The number of hydrogen-bond donors (Lipinski definition) is 0. The summed E-state index contributed by atoms with van der Waals surface area (Å²) in [6.07, 6.45) is 1.12. The Labute approximate surface area is 113 Å². The molecule has 3 heteroatoms. The molecule has 0 bridgehead atoms. The van der Waals surface area contributed by atoms with Crippen LogP contribution in [0.3, 0.4) is 0 Å². The minimum absolute atomic E-state index is 0.522. The molecule has 0 fully saturated rings. The number of aromatic nitrogens is 1. The molecule has 18 heavy (non-hydrogen) atoms. The van der Waals surface area contributed by atoms with Crippen LogP contribution in [0.25, 0.3) is 10.6 Å². The fourth-order valence-electron chi connectivity index (χ4n) is 1.77. The Bertz CT molecular complexity index is 507. The van der Waals surface area contributed by atoms with Crippen LogP contribution in [0.4, 0.5) is 0 Å². The van der Waals surface area contributed by atoms with E-state index < -0.39 is 0 Å². The van der Waals surface area contributed by atoms with Gasteiger partial charge in [0.05, 0.1) is 17.9 Å². The lowest BCUT2D eigenvalue weighted by molar-refractivity contribution is 0.341. The SMILES string of the molecule is CCOc1ccccc1-c1nc(C(C)CC)cs1. The van der Waals surface area contributed by atoms with Gasteiger partial charge in [-0.05, 0) is 31.4 Å². The molecule has 1 heterocycles. The van der Waals surface area contributed by atoms with Crippen molar-refractivity contribution < 1.29 is 4.74 Å². The van der Waals surface area contributed by atoms with Crippen LogP contribution >= 0.6 is 11.3 Å². The molecule has 2 nitrogen and oxygen atoms in total. The predicted molar refractivity (Wildman–Crippen MR) is 77.4 cm³/mol. The van der Waals surface area contributed by atoms with Crippen molar-refractivity contribution in [2.75, 3.05) is 6.61 Å². The second-order valence-corrected chi connectivity index (χ2v) is 5.17. The Balaban J connectivity index is 2.33. The Morgan fingerprint density at radius 3 is 2.78 bits per heavy atom.